The van der Waals surface area contributed by atoms with Crippen LogP contribution in [-0.4, -0.2) is 21.6 Å². The molecule has 0 radical (unpaired) electrons. The Balaban J connectivity index is 1.78. The maximum absolute atomic E-state index is 13.0. The first-order valence-electron chi connectivity index (χ1n) is 8.15. The van der Waals surface area contributed by atoms with Crippen molar-refractivity contribution in [3.8, 4) is 5.69 Å². The van der Waals surface area contributed by atoms with Crippen molar-refractivity contribution in [2.45, 2.75) is 11.8 Å². The van der Waals surface area contributed by atoms with Gasteiger partial charge in [-0.15, -0.1) is 0 Å². The lowest BCUT2D eigenvalue weighted by molar-refractivity contribution is -0.125. The molecule has 3 aromatic rings. The lowest BCUT2D eigenvalue weighted by Gasteiger charge is -2.31. The van der Waals surface area contributed by atoms with Crippen LogP contribution in [-0.2, 0) is 15.0 Å². The van der Waals surface area contributed by atoms with Gasteiger partial charge in [0.1, 0.15) is 11.2 Å². The fraction of sp³-hybridized carbons (Fsp3) is 0.105. The van der Waals surface area contributed by atoms with Crippen LogP contribution in [0.3, 0.4) is 0 Å². The highest BCUT2D eigenvalue weighted by molar-refractivity contribution is 9.10. The maximum Gasteiger partial charge on any atom is 0.240 e. The Morgan fingerprint density at radius 1 is 1.04 bits per heavy atom. The average Bonchev–Trinajstić information content (AvgIpc) is 3.17. The summed E-state index contributed by atoms with van der Waals surface area (Å²) in [5.41, 5.74) is 1.98. The Kier molecular flexibility index (Phi) is 3.12. The van der Waals surface area contributed by atoms with E-state index in [1.807, 2.05) is 48.5 Å². The summed E-state index contributed by atoms with van der Waals surface area (Å²) in [4.78, 5) is 25.6. The van der Waals surface area contributed by atoms with Crippen molar-refractivity contribution < 1.29 is 9.59 Å². The molecule has 0 bridgehead atoms. The minimum atomic E-state index is -1.07. The van der Waals surface area contributed by atoms with Crippen molar-refractivity contribution in [3.63, 3.8) is 0 Å². The fourth-order valence-corrected chi connectivity index (χ4v) is 4.19. The van der Waals surface area contributed by atoms with Gasteiger partial charge in [0, 0.05) is 22.1 Å². The summed E-state index contributed by atoms with van der Waals surface area (Å²) in [7, 11) is 0. The van der Waals surface area contributed by atoms with E-state index >= 15 is 0 Å². The van der Waals surface area contributed by atoms with E-state index in [0.29, 0.717) is 11.4 Å². The van der Waals surface area contributed by atoms with Gasteiger partial charge in [-0.1, -0.05) is 34.1 Å². The van der Waals surface area contributed by atoms with Crippen molar-refractivity contribution in [1.82, 2.24) is 9.78 Å². The molecule has 6 nitrogen and oxygen atoms in total. The monoisotopic (exact) mass is 408 g/mol. The molecular formula is C19H13BrN4O2. The minimum absolute atomic E-state index is 0.0514. The molecule has 1 aromatic heterocycles. The Morgan fingerprint density at radius 2 is 1.85 bits per heavy atom. The van der Waals surface area contributed by atoms with Gasteiger partial charge in [0.2, 0.25) is 11.8 Å². The van der Waals surface area contributed by atoms with Gasteiger partial charge in [-0.05, 0) is 35.9 Å². The summed E-state index contributed by atoms with van der Waals surface area (Å²) >= 11 is 3.47. The molecule has 0 aliphatic carbocycles. The lowest BCUT2D eigenvalue weighted by atomic mass is 9.72. The molecule has 1 atom stereocenters. The van der Waals surface area contributed by atoms with E-state index in [2.05, 4.69) is 31.7 Å². The van der Waals surface area contributed by atoms with Crippen molar-refractivity contribution >= 4 is 39.2 Å². The van der Waals surface area contributed by atoms with Crippen LogP contribution in [0.2, 0.25) is 0 Å². The van der Waals surface area contributed by atoms with E-state index in [9.17, 15) is 9.59 Å². The quantitative estimate of drug-likeness (QED) is 0.648. The topological polar surface area (TPSA) is 76.0 Å². The molecule has 2 aliphatic rings. The van der Waals surface area contributed by atoms with Gasteiger partial charge in [0.05, 0.1) is 11.9 Å². The molecule has 2 N–H and O–H groups in total. The number of benzene rings is 2. The number of aromatic nitrogens is 2. The number of hydrogen-bond donors (Lipinski definition) is 2. The van der Waals surface area contributed by atoms with E-state index in [1.165, 1.54) is 0 Å². The number of carbonyl (C=O) groups excluding carboxylic acids is 2. The molecule has 7 heteroatoms. The SMILES string of the molecule is O=C1C[C@@]2(C(=O)Nc3ccc(Br)cc32)c2cnn(-c3ccccc3)c2N1. The Morgan fingerprint density at radius 3 is 2.65 bits per heavy atom. The number of anilines is 2. The summed E-state index contributed by atoms with van der Waals surface area (Å²) in [6.07, 6.45) is 1.73. The molecule has 3 heterocycles. The second-order valence-electron chi connectivity index (χ2n) is 6.43. The van der Waals surface area contributed by atoms with Crippen molar-refractivity contribution in [2.24, 2.45) is 0 Å². The predicted octanol–water partition coefficient (Wildman–Crippen LogP) is 3.22. The lowest BCUT2D eigenvalue weighted by Crippen LogP contribution is -2.43. The van der Waals surface area contributed by atoms with E-state index in [4.69, 9.17) is 0 Å². The third kappa shape index (κ3) is 1.94. The number of hydrogen-bond acceptors (Lipinski definition) is 3. The first-order valence-corrected chi connectivity index (χ1v) is 8.94. The molecule has 26 heavy (non-hydrogen) atoms. The highest BCUT2D eigenvalue weighted by Gasteiger charge is 2.54. The molecule has 2 amide bonds. The zero-order valence-electron chi connectivity index (χ0n) is 13.5. The minimum Gasteiger partial charge on any atom is -0.325 e. The van der Waals surface area contributed by atoms with Gasteiger partial charge in [0.25, 0.3) is 0 Å². The van der Waals surface area contributed by atoms with Crippen LogP contribution in [0.15, 0.2) is 59.2 Å². The second kappa shape index (κ2) is 5.28. The van der Waals surface area contributed by atoms with Crippen LogP contribution in [0.5, 0.6) is 0 Å². The number of para-hydroxylation sites is 1. The van der Waals surface area contributed by atoms with Crippen molar-refractivity contribution in [1.29, 1.82) is 0 Å². The molecule has 0 unspecified atom stereocenters. The van der Waals surface area contributed by atoms with Gasteiger partial charge in [0.15, 0.2) is 0 Å². The number of fused-ring (bicyclic) bond motifs is 4. The van der Waals surface area contributed by atoms with Gasteiger partial charge >= 0.3 is 0 Å². The highest BCUT2D eigenvalue weighted by atomic mass is 79.9. The maximum atomic E-state index is 13.0. The third-order valence-electron chi connectivity index (χ3n) is 4.99. The molecule has 0 saturated carbocycles. The fourth-order valence-electron chi connectivity index (χ4n) is 3.83. The number of rotatable bonds is 1. The largest absolute Gasteiger partial charge is 0.325 e. The van der Waals surface area contributed by atoms with Gasteiger partial charge in [-0.2, -0.15) is 5.10 Å². The van der Waals surface area contributed by atoms with Crippen LogP contribution >= 0.6 is 15.9 Å². The van der Waals surface area contributed by atoms with E-state index < -0.39 is 5.41 Å². The number of nitrogens with one attached hydrogen (secondary N) is 2. The van der Waals surface area contributed by atoms with Crippen LogP contribution in [0.4, 0.5) is 11.5 Å². The predicted molar refractivity (Wildman–Crippen MR) is 100 cm³/mol. The first-order chi connectivity index (χ1) is 12.6. The number of nitrogens with zero attached hydrogens (tertiary/aromatic N) is 2. The van der Waals surface area contributed by atoms with Crippen LogP contribution in [0.25, 0.3) is 5.69 Å². The molecule has 0 fully saturated rings. The zero-order chi connectivity index (χ0) is 17.9. The molecular weight excluding hydrogens is 396 g/mol. The number of amides is 2. The molecule has 2 aromatic carbocycles. The Bertz CT molecular complexity index is 1080. The molecule has 128 valence electrons. The summed E-state index contributed by atoms with van der Waals surface area (Å²) in [5.74, 6) is 0.128. The van der Waals surface area contributed by atoms with Crippen LogP contribution < -0.4 is 10.6 Å². The molecule has 5 rings (SSSR count). The summed E-state index contributed by atoms with van der Waals surface area (Å²) in [6.45, 7) is 0. The van der Waals surface area contributed by atoms with E-state index in [1.54, 1.807) is 10.9 Å². The van der Waals surface area contributed by atoms with Gasteiger partial charge in [-0.3, -0.25) is 9.59 Å². The normalized spacial score (nSPS) is 20.5. The summed E-state index contributed by atoms with van der Waals surface area (Å²) < 4.78 is 2.52. The Labute approximate surface area is 157 Å². The van der Waals surface area contributed by atoms with Gasteiger partial charge in [-0.25, -0.2) is 4.68 Å². The van der Waals surface area contributed by atoms with E-state index in [-0.39, 0.29) is 18.2 Å². The van der Waals surface area contributed by atoms with Gasteiger partial charge < -0.3 is 10.6 Å². The average molecular weight is 409 g/mol. The summed E-state index contributed by atoms with van der Waals surface area (Å²) in [6, 6.07) is 15.1. The molecule has 2 aliphatic heterocycles. The van der Waals surface area contributed by atoms with Crippen molar-refractivity contribution in [3.05, 3.63) is 70.3 Å². The number of halogens is 1. The first kappa shape index (κ1) is 15.3. The van der Waals surface area contributed by atoms with Crippen LogP contribution in [0.1, 0.15) is 17.5 Å². The second-order valence-corrected chi connectivity index (χ2v) is 7.34. The van der Waals surface area contributed by atoms with E-state index in [0.717, 1.165) is 21.4 Å². The Hall–Kier alpha value is -2.93. The smallest absolute Gasteiger partial charge is 0.240 e. The molecule has 1 spiro atoms. The zero-order valence-corrected chi connectivity index (χ0v) is 15.1. The summed E-state index contributed by atoms with van der Waals surface area (Å²) in [5, 5.41) is 10.3. The highest BCUT2D eigenvalue weighted by Crippen LogP contribution is 2.50. The molecule has 0 saturated heterocycles. The van der Waals surface area contributed by atoms with Crippen LogP contribution in [0, 0.1) is 0 Å². The third-order valence-corrected chi connectivity index (χ3v) is 5.48. The van der Waals surface area contributed by atoms with Crippen molar-refractivity contribution in [2.75, 3.05) is 10.6 Å². The number of carbonyl (C=O) groups is 2. The standard InChI is InChI=1S/C19H13BrN4O2/c20-11-6-7-15-13(8-11)19(18(26)22-15)9-16(25)23-17-14(19)10-21-24(17)12-4-2-1-3-5-12/h1-8,10H,9H2,(H,22,26)(H,23,25)/t19-/m0/s1.